The Kier molecular flexibility index (Phi) is 5.59. The van der Waals surface area contributed by atoms with Crippen LogP contribution in [0.3, 0.4) is 0 Å². The van der Waals surface area contributed by atoms with Crippen molar-refractivity contribution in [3.63, 3.8) is 0 Å². The summed E-state index contributed by atoms with van der Waals surface area (Å²) < 4.78 is 5.82. The maximum absolute atomic E-state index is 5.82. The minimum Gasteiger partial charge on any atom is -0.496 e. The van der Waals surface area contributed by atoms with Crippen molar-refractivity contribution >= 4 is 18.9 Å². The van der Waals surface area contributed by atoms with Gasteiger partial charge in [-0.1, -0.05) is 72.4 Å². The molecule has 0 atom stereocenters. The number of rotatable bonds is 4. The lowest BCUT2D eigenvalue weighted by Gasteiger charge is -2.50. The van der Waals surface area contributed by atoms with Crippen LogP contribution in [0.4, 0.5) is 5.69 Å². The Hall–Kier alpha value is -1.53. The van der Waals surface area contributed by atoms with Crippen LogP contribution in [0.5, 0.6) is 5.75 Å². The highest BCUT2D eigenvalue weighted by atomic mass is 31.1. The molecule has 1 aliphatic rings. The Labute approximate surface area is 166 Å². The second kappa shape index (κ2) is 7.47. The van der Waals surface area contributed by atoms with Crippen LogP contribution in [0.1, 0.15) is 47.0 Å². The van der Waals surface area contributed by atoms with Gasteiger partial charge in [0.05, 0.1) is 7.11 Å². The fourth-order valence-corrected chi connectivity index (χ4v) is 9.23. The highest BCUT2D eigenvalue weighted by Crippen LogP contribution is 2.66. The monoisotopic (exact) mass is 383 g/mol. The van der Waals surface area contributed by atoms with E-state index >= 15 is 0 Å². The molecule has 0 radical (unpaired) electrons. The number of nitrogens with zero attached hydrogens (tertiary/aromatic N) is 1. The Morgan fingerprint density at radius 2 is 1.52 bits per heavy atom. The third kappa shape index (κ3) is 3.74. The average Bonchev–Trinajstić information content (AvgIpc) is 2.60. The first kappa shape index (κ1) is 20.2. The molecule has 1 fully saturated rings. The third-order valence-corrected chi connectivity index (χ3v) is 9.65. The predicted molar refractivity (Wildman–Crippen MR) is 121 cm³/mol. The summed E-state index contributed by atoms with van der Waals surface area (Å²) >= 11 is 0. The van der Waals surface area contributed by atoms with E-state index in [0.717, 1.165) is 5.75 Å². The van der Waals surface area contributed by atoms with Crippen LogP contribution in [0.15, 0.2) is 42.5 Å². The van der Waals surface area contributed by atoms with Gasteiger partial charge in [-0.15, -0.1) is 0 Å². The number of hydrogen-bond donors (Lipinski definition) is 0. The van der Waals surface area contributed by atoms with E-state index in [1.807, 2.05) is 0 Å². The van der Waals surface area contributed by atoms with E-state index in [-0.39, 0.29) is 7.92 Å². The van der Waals surface area contributed by atoms with Crippen LogP contribution in [-0.2, 0) is 0 Å². The first-order chi connectivity index (χ1) is 12.7. The van der Waals surface area contributed by atoms with Gasteiger partial charge in [0.1, 0.15) is 5.75 Å². The lowest BCUT2D eigenvalue weighted by Crippen LogP contribution is -2.39. The Bertz CT molecular complexity index is 794. The number of hydrogen-bond acceptors (Lipinski definition) is 2. The lowest BCUT2D eigenvalue weighted by atomic mass is 9.98. The summed E-state index contributed by atoms with van der Waals surface area (Å²) in [6.07, 6.45) is 3.95. The van der Waals surface area contributed by atoms with Crippen LogP contribution >= 0.6 is 7.92 Å². The van der Waals surface area contributed by atoms with Crippen molar-refractivity contribution in [2.75, 3.05) is 26.1 Å². The topological polar surface area (TPSA) is 12.5 Å². The molecule has 0 N–H and O–H groups in total. The van der Waals surface area contributed by atoms with Crippen LogP contribution in [0.25, 0.3) is 11.1 Å². The standard InChI is InChI=1S/C24H34NOP/c1-23(2)16-11-17-24(3,4)27(23)21-15-9-8-12-18(21)22-19(25(5)6)13-10-14-20(22)26-7/h8-10,12-15H,11,16-17H2,1-7H3. The Morgan fingerprint density at radius 1 is 0.889 bits per heavy atom. The predicted octanol–water partition coefficient (Wildman–Crippen LogP) is 6.28. The van der Waals surface area contributed by atoms with Gasteiger partial charge in [0.2, 0.25) is 0 Å². The maximum Gasteiger partial charge on any atom is 0.128 e. The largest absolute Gasteiger partial charge is 0.496 e. The van der Waals surface area contributed by atoms with E-state index in [1.54, 1.807) is 7.11 Å². The van der Waals surface area contributed by atoms with Gasteiger partial charge in [-0.2, -0.15) is 0 Å². The molecule has 1 heterocycles. The molecule has 0 aliphatic carbocycles. The van der Waals surface area contributed by atoms with Crippen LogP contribution in [-0.4, -0.2) is 31.5 Å². The fraction of sp³-hybridized carbons (Fsp3) is 0.500. The number of benzene rings is 2. The normalized spacial score (nSPS) is 18.9. The van der Waals surface area contributed by atoms with Crippen molar-refractivity contribution in [1.82, 2.24) is 0 Å². The molecule has 3 rings (SSSR count). The van der Waals surface area contributed by atoms with Crippen molar-refractivity contribution in [2.24, 2.45) is 0 Å². The van der Waals surface area contributed by atoms with Crippen molar-refractivity contribution < 1.29 is 4.74 Å². The molecular formula is C24H34NOP. The van der Waals surface area contributed by atoms with Crippen LogP contribution < -0.4 is 14.9 Å². The molecule has 0 unspecified atom stereocenters. The van der Waals surface area contributed by atoms with E-state index in [0.29, 0.717) is 10.3 Å². The summed E-state index contributed by atoms with van der Waals surface area (Å²) in [4.78, 5) is 2.19. The molecule has 2 aromatic rings. The zero-order valence-corrected chi connectivity index (χ0v) is 18.9. The average molecular weight is 384 g/mol. The molecule has 146 valence electrons. The smallest absolute Gasteiger partial charge is 0.128 e. The minimum atomic E-state index is -0.321. The quantitative estimate of drug-likeness (QED) is 0.576. The molecular weight excluding hydrogens is 349 g/mol. The van der Waals surface area contributed by atoms with Gasteiger partial charge in [-0.05, 0) is 46.2 Å². The van der Waals surface area contributed by atoms with Crippen LogP contribution in [0.2, 0.25) is 0 Å². The Balaban J connectivity index is 2.28. The van der Waals surface area contributed by atoms with Gasteiger partial charge in [0.15, 0.2) is 0 Å². The fourth-order valence-electron chi connectivity index (χ4n) is 4.86. The summed E-state index contributed by atoms with van der Waals surface area (Å²) in [7, 11) is 5.68. The zero-order chi connectivity index (χ0) is 19.8. The van der Waals surface area contributed by atoms with Gasteiger partial charge < -0.3 is 9.64 Å². The highest BCUT2D eigenvalue weighted by molar-refractivity contribution is 7.69. The molecule has 0 amide bonds. The molecule has 1 saturated heterocycles. The molecule has 2 nitrogen and oxygen atoms in total. The number of anilines is 1. The number of ether oxygens (including phenoxy) is 1. The van der Waals surface area contributed by atoms with Gasteiger partial charge in [-0.3, -0.25) is 0 Å². The second-order valence-electron chi connectivity index (χ2n) is 9.08. The van der Waals surface area contributed by atoms with Crippen molar-refractivity contribution in [2.45, 2.75) is 57.3 Å². The van der Waals surface area contributed by atoms with Gasteiger partial charge in [0, 0.05) is 25.3 Å². The second-order valence-corrected chi connectivity index (χ2v) is 12.7. The first-order valence-corrected chi connectivity index (χ1v) is 11.3. The number of methoxy groups -OCH3 is 1. The van der Waals surface area contributed by atoms with Gasteiger partial charge in [-0.25, -0.2) is 0 Å². The molecule has 27 heavy (non-hydrogen) atoms. The SMILES string of the molecule is COc1cccc(N(C)C)c1-c1ccccc1P1C(C)(C)CCCC1(C)C. The molecule has 3 heteroatoms. The molecule has 1 aliphatic heterocycles. The molecule has 0 spiro atoms. The molecule has 0 bridgehead atoms. The minimum absolute atomic E-state index is 0.321. The summed E-state index contributed by atoms with van der Waals surface area (Å²) in [5.74, 6) is 0.955. The van der Waals surface area contributed by atoms with E-state index in [2.05, 4.69) is 89.2 Å². The summed E-state index contributed by atoms with van der Waals surface area (Å²) in [5.41, 5.74) is 3.78. The van der Waals surface area contributed by atoms with Crippen molar-refractivity contribution in [3.05, 3.63) is 42.5 Å². The lowest BCUT2D eigenvalue weighted by molar-refractivity contribution is 0.416. The summed E-state index contributed by atoms with van der Waals surface area (Å²) in [5, 5.41) is 2.20. The molecule has 0 aromatic heterocycles. The third-order valence-electron chi connectivity index (χ3n) is 5.91. The molecule has 0 saturated carbocycles. The Morgan fingerprint density at radius 3 is 2.11 bits per heavy atom. The van der Waals surface area contributed by atoms with E-state index in [9.17, 15) is 0 Å². The zero-order valence-electron chi connectivity index (χ0n) is 18.0. The van der Waals surface area contributed by atoms with E-state index in [1.165, 1.54) is 41.4 Å². The van der Waals surface area contributed by atoms with Crippen molar-refractivity contribution in [1.29, 1.82) is 0 Å². The van der Waals surface area contributed by atoms with Crippen molar-refractivity contribution in [3.8, 4) is 16.9 Å². The van der Waals surface area contributed by atoms with Crippen LogP contribution in [0, 0.1) is 0 Å². The molecule has 2 aromatic carbocycles. The summed E-state index contributed by atoms with van der Waals surface area (Å²) in [6.45, 7) is 9.91. The van der Waals surface area contributed by atoms with Gasteiger partial charge >= 0.3 is 0 Å². The van der Waals surface area contributed by atoms with Gasteiger partial charge in [0.25, 0.3) is 0 Å². The maximum atomic E-state index is 5.82. The summed E-state index contributed by atoms with van der Waals surface area (Å²) in [6, 6.07) is 15.4. The first-order valence-electron chi connectivity index (χ1n) is 9.93. The van der Waals surface area contributed by atoms with E-state index < -0.39 is 0 Å². The highest BCUT2D eigenvalue weighted by Gasteiger charge is 2.45. The van der Waals surface area contributed by atoms with E-state index in [4.69, 9.17) is 4.74 Å².